The van der Waals surface area contributed by atoms with Gasteiger partial charge in [-0.25, -0.2) is 4.98 Å². The number of hydrogen-bond acceptors (Lipinski definition) is 4. The first kappa shape index (κ1) is 16.2. The average molecular weight is 290 g/mol. The van der Waals surface area contributed by atoms with Gasteiger partial charge >= 0.3 is 0 Å². The number of likely N-dealkylation sites (N-methyl/N-ethyl adjacent to an activating group) is 2. The van der Waals surface area contributed by atoms with E-state index in [0.717, 1.165) is 25.5 Å². The van der Waals surface area contributed by atoms with E-state index in [2.05, 4.69) is 49.1 Å². The minimum absolute atomic E-state index is 0.582. The molecule has 1 N–H and O–H groups in total. The van der Waals surface area contributed by atoms with E-state index in [0.29, 0.717) is 6.04 Å². The van der Waals surface area contributed by atoms with E-state index in [9.17, 15) is 0 Å². The Labute approximate surface area is 129 Å². The predicted octanol–water partition coefficient (Wildman–Crippen LogP) is 2.42. The summed E-state index contributed by atoms with van der Waals surface area (Å²) in [4.78, 5) is 9.51. The van der Waals surface area contributed by atoms with E-state index in [1.807, 2.05) is 6.20 Å². The van der Waals surface area contributed by atoms with Crippen molar-refractivity contribution < 1.29 is 0 Å². The van der Waals surface area contributed by atoms with Gasteiger partial charge in [0.15, 0.2) is 0 Å². The fraction of sp³-hybridized carbons (Fsp3) is 0.706. The summed E-state index contributed by atoms with van der Waals surface area (Å²) in [5, 5.41) is 3.44. The van der Waals surface area contributed by atoms with Crippen LogP contribution in [0.1, 0.15) is 37.3 Å². The number of pyridine rings is 1. The first-order chi connectivity index (χ1) is 10.1. The molecule has 0 aliphatic carbocycles. The zero-order valence-electron chi connectivity index (χ0n) is 14.0. The third-order valence-corrected chi connectivity index (χ3v) is 4.34. The van der Waals surface area contributed by atoms with Crippen LogP contribution in [0.2, 0.25) is 0 Å². The van der Waals surface area contributed by atoms with Gasteiger partial charge in [-0.3, -0.25) is 0 Å². The third kappa shape index (κ3) is 4.42. The monoisotopic (exact) mass is 290 g/mol. The largest absolute Gasteiger partial charge is 0.355 e. The number of piperidine rings is 1. The molecular formula is C17H30N4. The molecule has 1 unspecified atom stereocenters. The summed E-state index contributed by atoms with van der Waals surface area (Å²) in [6.45, 7) is 8.70. The molecule has 1 saturated heterocycles. The second-order valence-corrected chi connectivity index (χ2v) is 6.33. The van der Waals surface area contributed by atoms with Gasteiger partial charge in [0, 0.05) is 32.4 Å². The lowest BCUT2D eigenvalue weighted by Crippen LogP contribution is -2.45. The van der Waals surface area contributed by atoms with Crippen LogP contribution >= 0.6 is 0 Å². The minimum atomic E-state index is 0.582. The van der Waals surface area contributed by atoms with E-state index in [1.165, 1.54) is 36.9 Å². The molecule has 118 valence electrons. The second-order valence-electron chi connectivity index (χ2n) is 6.33. The van der Waals surface area contributed by atoms with Gasteiger partial charge in [-0.1, -0.05) is 6.92 Å². The van der Waals surface area contributed by atoms with Crippen molar-refractivity contribution in [2.45, 2.75) is 45.7 Å². The van der Waals surface area contributed by atoms with Crippen LogP contribution in [0.15, 0.2) is 12.3 Å². The van der Waals surface area contributed by atoms with Crippen molar-refractivity contribution in [2.75, 3.05) is 38.6 Å². The van der Waals surface area contributed by atoms with Gasteiger partial charge in [-0.15, -0.1) is 0 Å². The van der Waals surface area contributed by atoms with E-state index in [1.54, 1.807) is 0 Å². The van der Waals surface area contributed by atoms with Gasteiger partial charge in [0.1, 0.15) is 5.82 Å². The maximum absolute atomic E-state index is 4.72. The van der Waals surface area contributed by atoms with Gasteiger partial charge in [0.25, 0.3) is 0 Å². The molecule has 0 spiro atoms. The molecule has 0 bridgehead atoms. The van der Waals surface area contributed by atoms with E-state index < -0.39 is 0 Å². The van der Waals surface area contributed by atoms with Crippen LogP contribution in [0.4, 0.5) is 5.82 Å². The fourth-order valence-corrected chi connectivity index (χ4v) is 3.13. The lowest BCUT2D eigenvalue weighted by atomic mass is 10.0. The summed E-state index contributed by atoms with van der Waals surface area (Å²) in [5.41, 5.74) is 2.56. The van der Waals surface area contributed by atoms with Crippen molar-refractivity contribution in [1.82, 2.24) is 15.2 Å². The SMILES string of the molecule is CCCNCc1cnc(N(C)C2CCCN(C)C2)c(C)c1. The van der Waals surface area contributed by atoms with E-state index >= 15 is 0 Å². The van der Waals surface area contributed by atoms with Gasteiger partial charge in [0.05, 0.1) is 0 Å². The van der Waals surface area contributed by atoms with Crippen LogP contribution < -0.4 is 10.2 Å². The lowest BCUT2D eigenvalue weighted by Gasteiger charge is -2.37. The van der Waals surface area contributed by atoms with Gasteiger partial charge in [-0.2, -0.15) is 0 Å². The molecule has 1 fully saturated rings. The Morgan fingerprint density at radius 1 is 1.48 bits per heavy atom. The molecule has 0 radical (unpaired) electrons. The number of likely N-dealkylation sites (tertiary alicyclic amines) is 1. The zero-order valence-corrected chi connectivity index (χ0v) is 14.0. The van der Waals surface area contributed by atoms with Crippen LogP contribution in [0.25, 0.3) is 0 Å². The molecule has 1 aromatic heterocycles. The van der Waals surface area contributed by atoms with Crippen molar-refractivity contribution >= 4 is 5.82 Å². The molecule has 2 heterocycles. The molecule has 4 heteroatoms. The highest BCUT2D eigenvalue weighted by atomic mass is 15.2. The molecule has 1 aliphatic rings. The Balaban J connectivity index is 2.02. The quantitative estimate of drug-likeness (QED) is 0.815. The summed E-state index contributed by atoms with van der Waals surface area (Å²) in [6.07, 6.45) is 5.74. The van der Waals surface area contributed by atoms with Crippen LogP contribution in [0.3, 0.4) is 0 Å². The Morgan fingerprint density at radius 3 is 2.95 bits per heavy atom. The molecule has 0 aromatic carbocycles. The first-order valence-electron chi connectivity index (χ1n) is 8.19. The summed E-state index contributed by atoms with van der Waals surface area (Å²) in [5.74, 6) is 1.13. The topological polar surface area (TPSA) is 31.4 Å². The van der Waals surface area contributed by atoms with E-state index in [-0.39, 0.29) is 0 Å². The summed E-state index contributed by atoms with van der Waals surface area (Å²) in [7, 11) is 4.40. The third-order valence-electron chi connectivity index (χ3n) is 4.34. The number of anilines is 1. The molecule has 0 saturated carbocycles. The second kappa shape index (κ2) is 7.76. The van der Waals surface area contributed by atoms with Crippen LogP contribution in [-0.2, 0) is 6.54 Å². The van der Waals surface area contributed by atoms with Crippen molar-refractivity contribution in [3.05, 3.63) is 23.4 Å². The van der Waals surface area contributed by atoms with Crippen molar-refractivity contribution in [3.63, 3.8) is 0 Å². The first-order valence-corrected chi connectivity index (χ1v) is 8.19. The molecule has 0 amide bonds. The molecule has 1 aromatic rings. The maximum atomic E-state index is 4.72. The minimum Gasteiger partial charge on any atom is -0.355 e. The van der Waals surface area contributed by atoms with Gasteiger partial charge in [0.2, 0.25) is 0 Å². The molecule has 1 aliphatic heterocycles. The van der Waals surface area contributed by atoms with Crippen molar-refractivity contribution in [3.8, 4) is 0 Å². The smallest absolute Gasteiger partial charge is 0.131 e. The summed E-state index contributed by atoms with van der Waals surface area (Å²) in [6, 6.07) is 2.85. The van der Waals surface area contributed by atoms with Gasteiger partial charge in [-0.05, 0) is 63.5 Å². The number of aromatic nitrogens is 1. The standard InChI is InChI=1S/C17H30N4/c1-5-8-18-11-15-10-14(2)17(19-12-15)21(4)16-7-6-9-20(3)13-16/h10,12,16,18H,5-9,11,13H2,1-4H3. The highest BCUT2D eigenvalue weighted by molar-refractivity contribution is 5.47. The van der Waals surface area contributed by atoms with Crippen molar-refractivity contribution in [2.24, 2.45) is 0 Å². The Kier molecular flexibility index (Phi) is 6.00. The van der Waals surface area contributed by atoms with Crippen LogP contribution in [0, 0.1) is 6.92 Å². The maximum Gasteiger partial charge on any atom is 0.131 e. The lowest BCUT2D eigenvalue weighted by molar-refractivity contribution is 0.247. The number of aryl methyl sites for hydroxylation is 1. The van der Waals surface area contributed by atoms with E-state index in [4.69, 9.17) is 4.98 Å². The zero-order chi connectivity index (χ0) is 15.2. The normalized spacial score (nSPS) is 19.7. The highest BCUT2D eigenvalue weighted by Crippen LogP contribution is 2.22. The molecular weight excluding hydrogens is 260 g/mol. The Hall–Kier alpha value is -1.13. The number of hydrogen-bond donors (Lipinski definition) is 1. The van der Waals surface area contributed by atoms with Crippen molar-refractivity contribution in [1.29, 1.82) is 0 Å². The molecule has 4 nitrogen and oxygen atoms in total. The molecule has 2 rings (SSSR count). The molecule has 1 atom stereocenters. The molecule has 21 heavy (non-hydrogen) atoms. The van der Waals surface area contributed by atoms with Crippen LogP contribution in [-0.4, -0.2) is 49.7 Å². The number of nitrogens with zero attached hydrogens (tertiary/aromatic N) is 3. The number of nitrogens with one attached hydrogen (secondary N) is 1. The number of rotatable bonds is 6. The average Bonchev–Trinajstić information content (AvgIpc) is 2.47. The summed E-state index contributed by atoms with van der Waals surface area (Å²) < 4.78 is 0. The fourth-order valence-electron chi connectivity index (χ4n) is 3.13. The predicted molar refractivity (Wildman–Crippen MR) is 89.9 cm³/mol. The highest BCUT2D eigenvalue weighted by Gasteiger charge is 2.22. The van der Waals surface area contributed by atoms with Crippen LogP contribution in [0.5, 0.6) is 0 Å². The Bertz CT molecular complexity index is 446. The van der Waals surface area contributed by atoms with Gasteiger partial charge < -0.3 is 15.1 Å². The Morgan fingerprint density at radius 2 is 2.29 bits per heavy atom. The summed E-state index contributed by atoms with van der Waals surface area (Å²) >= 11 is 0.